The maximum absolute atomic E-state index is 5.80. The number of aromatic nitrogens is 1. The van der Waals surface area contributed by atoms with Crippen molar-refractivity contribution >= 4 is 32.8 Å². The van der Waals surface area contributed by atoms with E-state index in [4.69, 9.17) is 11.6 Å². The number of pyridine rings is 1. The molecule has 0 aliphatic rings. The van der Waals surface area contributed by atoms with Crippen LogP contribution in [0.2, 0.25) is 5.02 Å². The summed E-state index contributed by atoms with van der Waals surface area (Å²) in [5.74, 6) is 0. The Bertz CT molecular complexity index is 204. The van der Waals surface area contributed by atoms with Crippen LogP contribution in [0.1, 0.15) is 5.69 Å². The molecule has 0 unspecified atom stereocenters. The van der Waals surface area contributed by atoms with Crippen molar-refractivity contribution in [3.8, 4) is 0 Å². The zero-order chi connectivity index (χ0) is 6.85. The van der Waals surface area contributed by atoms with Crippen LogP contribution in [0.5, 0.6) is 0 Å². The standard InChI is InChI=1S/C6H5AsClN/c1-4-6(8)5(7)2-3-9-4/h2-3H,1H3. The molecule has 0 atom stereocenters. The first-order valence-electron chi connectivity index (χ1n) is 2.52. The molecule has 3 heteroatoms. The topological polar surface area (TPSA) is 12.9 Å². The van der Waals surface area contributed by atoms with Gasteiger partial charge in [-0.3, -0.25) is 0 Å². The molecule has 0 saturated carbocycles. The fraction of sp³-hybridized carbons (Fsp3) is 0.167. The molecule has 0 bridgehead atoms. The zero-order valence-corrected chi connectivity index (χ0v) is 7.56. The Morgan fingerprint density at radius 1 is 1.67 bits per heavy atom. The third-order valence-corrected chi connectivity index (χ3v) is 2.59. The van der Waals surface area contributed by atoms with Gasteiger partial charge in [0.15, 0.2) is 0 Å². The van der Waals surface area contributed by atoms with Crippen molar-refractivity contribution in [1.82, 2.24) is 4.98 Å². The van der Waals surface area contributed by atoms with Crippen LogP contribution in [0.15, 0.2) is 12.3 Å². The molecule has 46 valence electrons. The predicted molar refractivity (Wildman–Crippen MR) is 39.4 cm³/mol. The molecule has 1 aromatic rings. The van der Waals surface area contributed by atoms with Crippen LogP contribution in [-0.2, 0) is 0 Å². The first kappa shape index (κ1) is 7.11. The summed E-state index contributed by atoms with van der Waals surface area (Å²) in [5, 5.41) is 0.748. The molecule has 1 heterocycles. The Hall–Kier alpha value is -0.00156. The molecule has 1 rings (SSSR count). The summed E-state index contributed by atoms with van der Waals surface area (Å²) in [6.45, 7) is 1.89. The van der Waals surface area contributed by atoms with Crippen LogP contribution in [0.25, 0.3) is 0 Å². The Morgan fingerprint density at radius 2 is 2.33 bits per heavy atom. The summed E-state index contributed by atoms with van der Waals surface area (Å²) in [6.07, 6.45) is 1.74. The van der Waals surface area contributed by atoms with Gasteiger partial charge in [-0.2, -0.15) is 0 Å². The van der Waals surface area contributed by atoms with E-state index < -0.39 is 0 Å². The van der Waals surface area contributed by atoms with Gasteiger partial charge in [0.2, 0.25) is 0 Å². The normalized spacial score (nSPS) is 9.67. The second-order valence-corrected chi connectivity index (χ2v) is 3.12. The molecule has 0 aliphatic carbocycles. The Kier molecular flexibility index (Phi) is 2.15. The van der Waals surface area contributed by atoms with Crippen molar-refractivity contribution in [3.05, 3.63) is 23.0 Å². The molecule has 1 nitrogen and oxygen atoms in total. The average molecular weight is 201 g/mol. The zero-order valence-electron chi connectivity index (χ0n) is 4.93. The number of nitrogens with zero attached hydrogens (tertiary/aromatic N) is 1. The van der Waals surface area contributed by atoms with E-state index in [-0.39, 0.29) is 0 Å². The molecule has 1 aromatic heterocycles. The Balaban J connectivity index is 3.25. The summed E-state index contributed by atoms with van der Waals surface area (Å²) in [5.41, 5.74) is 0.884. The van der Waals surface area contributed by atoms with E-state index in [9.17, 15) is 0 Å². The molecule has 0 saturated heterocycles. The second-order valence-electron chi connectivity index (χ2n) is 1.73. The van der Waals surface area contributed by atoms with Gasteiger partial charge in [0.05, 0.1) is 0 Å². The van der Waals surface area contributed by atoms with Crippen LogP contribution >= 0.6 is 11.6 Å². The molecular weight excluding hydrogens is 196 g/mol. The van der Waals surface area contributed by atoms with Crippen LogP contribution < -0.4 is 4.35 Å². The predicted octanol–water partition coefficient (Wildman–Crippen LogP) is 0.837. The fourth-order valence-corrected chi connectivity index (χ4v) is 1.13. The summed E-state index contributed by atoms with van der Waals surface area (Å²) in [7, 11) is 0. The SMILES string of the molecule is Cc1nccc([As])c1Cl. The molecule has 9 heavy (non-hydrogen) atoms. The van der Waals surface area contributed by atoms with Crippen molar-refractivity contribution in [2.24, 2.45) is 0 Å². The second kappa shape index (κ2) is 2.72. The third kappa shape index (κ3) is 1.47. The van der Waals surface area contributed by atoms with E-state index in [0.29, 0.717) is 0 Å². The van der Waals surface area contributed by atoms with Gasteiger partial charge in [-0.15, -0.1) is 0 Å². The van der Waals surface area contributed by atoms with Crippen LogP contribution in [0, 0.1) is 6.92 Å². The molecule has 2 radical (unpaired) electrons. The monoisotopic (exact) mass is 201 g/mol. The van der Waals surface area contributed by atoms with Crippen molar-refractivity contribution in [1.29, 1.82) is 0 Å². The molecule has 0 amide bonds. The molecule has 0 spiro atoms. The van der Waals surface area contributed by atoms with Crippen molar-refractivity contribution < 1.29 is 0 Å². The summed E-state index contributed by atoms with van der Waals surface area (Å²) in [4.78, 5) is 4.00. The number of hydrogen-bond donors (Lipinski definition) is 0. The van der Waals surface area contributed by atoms with Gasteiger partial charge in [0, 0.05) is 0 Å². The van der Waals surface area contributed by atoms with Gasteiger partial charge in [-0.25, -0.2) is 0 Å². The number of hydrogen-bond acceptors (Lipinski definition) is 1. The Labute approximate surface area is 67.9 Å². The molecule has 0 aromatic carbocycles. The van der Waals surface area contributed by atoms with Crippen molar-refractivity contribution in [2.45, 2.75) is 6.92 Å². The number of aryl methyl sites for hydroxylation is 1. The van der Waals surface area contributed by atoms with Gasteiger partial charge in [0.25, 0.3) is 0 Å². The van der Waals surface area contributed by atoms with Crippen LogP contribution in [0.3, 0.4) is 0 Å². The third-order valence-electron chi connectivity index (χ3n) is 1.04. The van der Waals surface area contributed by atoms with Crippen LogP contribution in [0.4, 0.5) is 0 Å². The van der Waals surface area contributed by atoms with E-state index >= 15 is 0 Å². The molecule has 0 fully saturated rings. The minimum absolute atomic E-state index is 0.748. The average Bonchev–Trinajstić information content (AvgIpc) is 1.83. The number of rotatable bonds is 0. The minimum atomic E-state index is 0.748. The number of halogens is 1. The van der Waals surface area contributed by atoms with Crippen LogP contribution in [-0.4, -0.2) is 21.8 Å². The quantitative estimate of drug-likeness (QED) is 0.567. The maximum atomic E-state index is 5.80. The van der Waals surface area contributed by atoms with Gasteiger partial charge in [0.1, 0.15) is 0 Å². The molecular formula is C6H5AsClN. The van der Waals surface area contributed by atoms with Crippen molar-refractivity contribution in [3.63, 3.8) is 0 Å². The summed E-state index contributed by atoms with van der Waals surface area (Å²) < 4.78 is 1.02. The van der Waals surface area contributed by atoms with Gasteiger partial charge in [-0.05, 0) is 0 Å². The van der Waals surface area contributed by atoms with E-state index in [1.807, 2.05) is 13.0 Å². The first-order valence-corrected chi connectivity index (χ1v) is 3.83. The fourth-order valence-electron chi connectivity index (χ4n) is 0.535. The van der Waals surface area contributed by atoms with E-state index in [1.54, 1.807) is 6.20 Å². The van der Waals surface area contributed by atoms with Gasteiger partial charge in [-0.1, -0.05) is 0 Å². The molecule has 0 aliphatic heterocycles. The summed E-state index contributed by atoms with van der Waals surface area (Å²) in [6, 6.07) is 1.87. The first-order chi connectivity index (χ1) is 4.22. The van der Waals surface area contributed by atoms with Gasteiger partial charge < -0.3 is 0 Å². The van der Waals surface area contributed by atoms with Crippen molar-refractivity contribution in [2.75, 3.05) is 0 Å². The van der Waals surface area contributed by atoms with E-state index in [1.165, 1.54) is 0 Å². The Morgan fingerprint density at radius 3 is 2.78 bits per heavy atom. The van der Waals surface area contributed by atoms with E-state index in [2.05, 4.69) is 21.8 Å². The van der Waals surface area contributed by atoms with Gasteiger partial charge >= 0.3 is 67.7 Å². The molecule has 0 N–H and O–H groups in total. The van der Waals surface area contributed by atoms with E-state index in [0.717, 1.165) is 15.1 Å². The summed E-state index contributed by atoms with van der Waals surface area (Å²) >= 11 is 8.20.